The highest BCUT2D eigenvalue weighted by Crippen LogP contribution is 2.19. The molecule has 0 aliphatic heterocycles. The lowest BCUT2D eigenvalue weighted by Crippen LogP contribution is -2.28. The predicted octanol–water partition coefficient (Wildman–Crippen LogP) is 2.34. The molecule has 1 unspecified atom stereocenters. The van der Waals surface area contributed by atoms with Crippen LogP contribution >= 0.6 is 22.7 Å². The lowest BCUT2D eigenvalue weighted by Gasteiger charge is -2.12. The number of nitrogens with zero attached hydrogens (tertiary/aromatic N) is 1. The standard InChI is InChI=1S/C10H13N3S2/c11-13-9(10-6-15-7-12-10)2-1-8-3-4-14-5-8/h3-7,9,13H,1-2,11H2. The van der Waals surface area contributed by atoms with E-state index < -0.39 is 0 Å². The quantitative estimate of drug-likeness (QED) is 0.622. The maximum absolute atomic E-state index is 5.52. The number of hydrogen-bond donors (Lipinski definition) is 2. The summed E-state index contributed by atoms with van der Waals surface area (Å²) < 4.78 is 0. The zero-order valence-electron chi connectivity index (χ0n) is 8.22. The van der Waals surface area contributed by atoms with Gasteiger partial charge in [-0.15, -0.1) is 11.3 Å². The molecule has 0 fully saturated rings. The van der Waals surface area contributed by atoms with Gasteiger partial charge in [-0.1, -0.05) is 0 Å². The van der Waals surface area contributed by atoms with Crippen molar-refractivity contribution in [3.05, 3.63) is 39.0 Å². The third-order valence-electron chi connectivity index (χ3n) is 2.31. The molecule has 3 N–H and O–H groups in total. The molecule has 0 spiro atoms. The van der Waals surface area contributed by atoms with E-state index in [9.17, 15) is 0 Å². The molecule has 0 aliphatic rings. The van der Waals surface area contributed by atoms with E-state index >= 15 is 0 Å². The lowest BCUT2D eigenvalue weighted by molar-refractivity contribution is 0.507. The first kappa shape index (κ1) is 10.8. The molecule has 2 rings (SSSR count). The van der Waals surface area contributed by atoms with E-state index in [1.807, 2.05) is 10.9 Å². The number of nitrogens with two attached hydrogens (primary N) is 1. The van der Waals surface area contributed by atoms with Gasteiger partial charge in [0.05, 0.1) is 17.2 Å². The molecule has 0 radical (unpaired) electrons. The second-order valence-corrected chi connectivity index (χ2v) is 4.80. The Morgan fingerprint density at radius 2 is 2.33 bits per heavy atom. The number of hydrogen-bond acceptors (Lipinski definition) is 5. The van der Waals surface area contributed by atoms with Crippen LogP contribution in [0.1, 0.15) is 23.7 Å². The molecule has 3 nitrogen and oxygen atoms in total. The van der Waals surface area contributed by atoms with E-state index in [4.69, 9.17) is 5.84 Å². The zero-order chi connectivity index (χ0) is 10.5. The zero-order valence-corrected chi connectivity index (χ0v) is 9.85. The minimum absolute atomic E-state index is 0.163. The molecular weight excluding hydrogens is 226 g/mol. The van der Waals surface area contributed by atoms with Crippen molar-refractivity contribution in [1.82, 2.24) is 10.4 Å². The second-order valence-electron chi connectivity index (χ2n) is 3.30. The van der Waals surface area contributed by atoms with Gasteiger partial charge in [0.2, 0.25) is 0 Å². The molecule has 0 bridgehead atoms. The van der Waals surface area contributed by atoms with Crippen LogP contribution in [0.5, 0.6) is 0 Å². The van der Waals surface area contributed by atoms with Crippen molar-refractivity contribution in [2.75, 3.05) is 0 Å². The summed E-state index contributed by atoms with van der Waals surface area (Å²) in [5, 5.41) is 6.32. The Morgan fingerprint density at radius 3 is 2.93 bits per heavy atom. The van der Waals surface area contributed by atoms with Gasteiger partial charge in [-0.05, 0) is 35.2 Å². The number of thiophene rings is 1. The first-order valence-electron chi connectivity index (χ1n) is 4.75. The molecule has 80 valence electrons. The average Bonchev–Trinajstić information content (AvgIpc) is 2.90. The average molecular weight is 239 g/mol. The molecule has 1 atom stereocenters. The molecule has 5 heteroatoms. The van der Waals surface area contributed by atoms with Crippen molar-refractivity contribution in [3.8, 4) is 0 Å². The predicted molar refractivity (Wildman–Crippen MR) is 64.8 cm³/mol. The number of hydrazine groups is 1. The highest BCUT2D eigenvalue weighted by molar-refractivity contribution is 7.08. The number of nitrogens with one attached hydrogen (secondary N) is 1. The van der Waals surface area contributed by atoms with Crippen LogP contribution in [0.25, 0.3) is 0 Å². The van der Waals surface area contributed by atoms with Gasteiger partial charge in [-0.3, -0.25) is 11.3 Å². The summed E-state index contributed by atoms with van der Waals surface area (Å²) in [6, 6.07) is 2.32. The first-order valence-corrected chi connectivity index (χ1v) is 6.64. The SMILES string of the molecule is NNC(CCc1ccsc1)c1cscn1. The van der Waals surface area contributed by atoms with E-state index in [1.165, 1.54) is 5.56 Å². The highest BCUT2D eigenvalue weighted by Gasteiger charge is 2.11. The Labute approximate surface area is 96.9 Å². The van der Waals surface area contributed by atoms with Crippen LogP contribution in [0.15, 0.2) is 27.7 Å². The van der Waals surface area contributed by atoms with E-state index in [0.717, 1.165) is 18.5 Å². The van der Waals surface area contributed by atoms with E-state index in [-0.39, 0.29) is 6.04 Å². The number of rotatable bonds is 5. The fraction of sp³-hybridized carbons (Fsp3) is 0.300. The molecule has 0 saturated carbocycles. The summed E-state index contributed by atoms with van der Waals surface area (Å²) in [7, 11) is 0. The molecule has 2 aromatic rings. The van der Waals surface area contributed by atoms with Gasteiger partial charge in [0, 0.05) is 5.38 Å². The Kier molecular flexibility index (Phi) is 3.85. The summed E-state index contributed by atoms with van der Waals surface area (Å²) in [6.45, 7) is 0. The van der Waals surface area contributed by atoms with Gasteiger partial charge in [0.15, 0.2) is 0 Å². The van der Waals surface area contributed by atoms with Crippen molar-refractivity contribution in [1.29, 1.82) is 0 Å². The Morgan fingerprint density at radius 1 is 1.40 bits per heavy atom. The topological polar surface area (TPSA) is 50.9 Å². The van der Waals surface area contributed by atoms with Crippen molar-refractivity contribution in [2.45, 2.75) is 18.9 Å². The smallest absolute Gasteiger partial charge is 0.0795 e. The van der Waals surface area contributed by atoms with Crippen molar-refractivity contribution in [2.24, 2.45) is 5.84 Å². The summed E-state index contributed by atoms with van der Waals surface area (Å²) in [5.41, 5.74) is 7.06. The van der Waals surface area contributed by atoms with Gasteiger partial charge in [-0.2, -0.15) is 11.3 Å². The molecule has 0 saturated heterocycles. The maximum atomic E-state index is 5.52. The Balaban J connectivity index is 1.92. The molecule has 15 heavy (non-hydrogen) atoms. The first-order chi connectivity index (χ1) is 7.40. The van der Waals surface area contributed by atoms with Crippen LogP contribution in [-0.2, 0) is 6.42 Å². The van der Waals surface area contributed by atoms with Gasteiger partial charge in [-0.25, -0.2) is 4.98 Å². The minimum atomic E-state index is 0.163. The molecule has 0 aliphatic carbocycles. The van der Waals surface area contributed by atoms with Crippen LogP contribution < -0.4 is 11.3 Å². The third kappa shape index (κ3) is 2.85. The van der Waals surface area contributed by atoms with Crippen LogP contribution in [0.4, 0.5) is 0 Å². The van der Waals surface area contributed by atoms with Crippen LogP contribution in [0.3, 0.4) is 0 Å². The fourth-order valence-corrected chi connectivity index (χ4v) is 2.77. The monoisotopic (exact) mass is 239 g/mol. The molecule has 0 aromatic carbocycles. The second kappa shape index (κ2) is 5.37. The summed E-state index contributed by atoms with van der Waals surface area (Å²) in [4.78, 5) is 4.27. The Hall–Kier alpha value is -0.750. The van der Waals surface area contributed by atoms with Crippen LogP contribution in [-0.4, -0.2) is 4.98 Å². The van der Waals surface area contributed by atoms with Crippen LogP contribution in [0, 0.1) is 0 Å². The summed E-state index contributed by atoms with van der Waals surface area (Å²) in [5.74, 6) is 5.52. The van der Waals surface area contributed by atoms with Gasteiger partial charge >= 0.3 is 0 Å². The van der Waals surface area contributed by atoms with Crippen molar-refractivity contribution < 1.29 is 0 Å². The lowest BCUT2D eigenvalue weighted by atomic mass is 10.1. The van der Waals surface area contributed by atoms with E-state index in [1.54, 1.807) is 22.7 Å². The molecule has 2 heterocycles. The van der Waals surface area contributed by atoms with E-state index in [0.29, 0.717) is 0 Å². The van der Waals surface area contributed by atoms with Gasteiger partial charge in [0.25, 0.3) is 0 Å². The molecular formula is C10H13N3S2. The summed E-state index contributed by atoms with van der Waals surface area (Å²) in [6.07, 6.45) is 2.02. The number of aromatic nitrogens is 1. The number of thiazole rings is 1. The van der Waals surface area contributed by atoms with E-state index in [2.05, 4.69) is 27.2 Å². The van der Waals surface area contributed by atoms with Gasteiger partial charge < -0.3 is 0 Å². The molecule has 2 aromatic heterocycles. The summed E-state index contributed by atoms with van der Waals surface area (Å²) >= 11 is 3.33. The van der Waals surface area contributed by atoms with Crippen molar-refractivity contribution >= 4 is 22.7 Å². The normalized spacial score (nSPS) is 12.9. The maximum Gasteiger partial charge on any atom is 0.0795 e. The fourth-order valence-electron chi connectivity index (χ4n) is 1.46. The third-order valence-corrected chi connectivity index (χ3v) is 3.65. The number of aryl methyl sites for hydroxylation is 1. The highest BCUT2D eigenvalue weighted by atomic mass is 32.1. The van der Waals surface area contributed by atoms with Crippen LogP contribution in [0.2, 0.25) is 0 Å². The minimum Gasteiger partial charge on any atom is -0.271 e. The molecule has 0 amide bonds. The van der Waals surface area contributed by atoms with Gasteiger partial charge in [0.1, 0.15) is 0 Å². The van der Waals surface area contributed by atoms with Crippen molar-refractivity contribution in [3.63, 3.8) is 0 Å². The Bertz CT molecular complexity index is 369. The largest absolute Gasteiger partial charge is 0.271 e.